The number of rotatable bonds is 4. The van der Waals surface area contributed by atoms with Crippen LogP contribution in [0.1, 0.15) is 45.6 Å². The molecule has 170 valence electrons. The molecule has 0 bridgehead atoms. The SMILES string of the molecule is C=C1CCC(O)C1.CC(C)(C)OC(=O)Nc1nc(OCc2ccccc2)c2[nH]cnc2n1. The van der Waals surface area contributed by atoms with Gasteiger partial charge in [0, 0.05) is 0 Å². The minimum absolute atomic E-state index is 0.0666. The number of hydrogen-bond acceptors (Lipinski definition) is 7. The number of aliphatic hydroxyl groups excluding tert-OH is 1. The molecule has 3 N–H and O–H groups in total. The van der Waals surface area contributed by atoms with E-state index in [0.29, 0.717) is 23.7 Å². The Hall–Kier alpha value is -3.46. The van der Waals surface area contributed by atoms with E-state index in [2.05, 4.69) is 31.8 Å². The molecule has 1 unspecified atom stereocenters. The van der Waals surface area contributed by atoms with Gasteiger partial charge in [-0.05, 0) is 45.6 Å². The third kappa shape index (κ3) is 7.05. The normalized spacial score (nSPS) is 15.8. The number of hydrogen-bond donors (Lipinski definition) is 3. The zero-order valence-corrected chi connectivity index (χ0v) is 18.6. The second-order valence-corrected chi connectivity index (χ2v) is 8.50. The van der Waals surface area contributed by atoms with Crippen molar-refractivity contribution in [2.24, 2.45) is 0 Å². The zero-order valence-electron chi connectivity index (χ0n) is 18.6. The van der Waals surface area contributed by atoms with Crippen LogP contribution in [0.15, 0.2) is 48.8 Å². The summed E-state index contributed by atoms with van der Waals surface area (Å²) in [5.41, 5.74) is 2.53. The molecule has 0 saturated heterocycles. The summed E-state index contributed by atoms with van der Waals surface area (Å²) in [4.78, 5) is 27.4. The molecule has 9 heteroatoms. The number of imidazole rings is 1. The van der Waals surface area contributed by atoms with Gasteiger partial charge in [-0.1, -0.05) is 42.5 Å². The number of nitrogens with one attached hydrogen (secondary N) is 2. The smallest absolute Gasteiger partial charge is 0.414 e. The Morgan fingerprint density at radius 2 is 2.03 bits per heavy atom. The molecular weight excluding hydrogens is 410 g/mol. The summed E-state index contributed by atoms with van der Waals surface area (Å²) in [6.45, 7) is 9.41. The van der Waals surface area contributed by atoms with Crippen LogP contribution in [0.5, 0.6) is 5.88 Å². The van der Waals surface area contributed by atoms with Crippen LogP contribution in [0, 0.1) is 0 Å². The van der Waals surface area contributed by atoms with Crippen molar-refractivity contribution in [2.75, 3.05) is 5.32 Å². The second-order valence-electron chi connectivity index (χ2n) is 8.50. The Bertz CT molecular complexity index is 1060. The Morgan fingerprint density at radius 3 is 2.62 bits per heavy atom. The van der Waals surface area contributed by atoms with Crippen molar-refractivity contribution in [2.45, 2.75) is 58.3 Å². The number of anilines is 1. The number of ether oxygens (including phenoxy) is 2. The Kier molecular flexibility index (Phi) is 7.42. The number of benzene rings is 1. The monoisotopic (exact) mass is 439 g/mol. The van der Waals surface area contributed by atoms with Gasteiger partial charge in [0.2, 0.25) is 11.8 Å². The minimum Gasteiger partial charge on any atom is -0.471 e. The number of aromatic nitrogens is 4. The topological polar surface area (TPSA) is 122 Å². The number of aromatic amines is 1. The predicted molar refractivity (Wildman–Crippen MR) is 121 cm³/mol. The quantitative estimate of drug-likeness (QED) is 0.516. The average molecular weight is 440 g/mol. The van der Waals surface area contributed by atoms with Gasteiger partial charge >= 0.3 is 6.09 Å². The summed E-state index contributed by atoms with van der Waals surface area (Å²) in [5, 5.41) is 11.3. The van der Waals surface area contributed by atoms with Crippen LogP contribution in [0.25, 0.3) is 11.2 Å². The molecule has 0 aliphatic heterocycles. The van der Waals surface area contributed by atoms with Gasteiger partial charge in [-0.2, -0.15) is 9.97 Å². The first-order valence-electron chi connectivity index (χ1n) is 10.4. The van der Waals surface area contributed by atoms with E-state index in [1.807, 2.05) is 30.3 Å². The van der Waals surface area contributed by atoms with Gasteiger partial charge in [-0.3, -0.25) is 5.32 Å². The third-order valence-electron chi connectivity index (χ3n) is 4.44. The van der Waals surface area contributed by atoms with E-state index in [9.17, 15) is 4.79 Å². The fraction of sp³-hybridized carbons (Fsp3) is 0.391. The van der Waals surface area contributed by atoms with E-state index in [0.717, 1.165) is 24.8 Å². The largest absolute Gasteiger partial charge is 0.471 e. The van der Waals surface area contributed by atoms with Crippen molar-refractivity contribution in [3.8, 4) is 5.88 Å². The van der Waals surface area contributed by atoms with Crippen molar-refractivity contribution >= 4 is 23.2 Å². The highest BCUT2D eigenvalue weighted by Crippen LogP contribution is 2.23. The molecule has 32 heavy (non-hydrogen) atoms. The summed E-state index contributed by atoms with van der Waals surface area (Å²) >= 11 is 0. The molecule has 1 aliphatic rings. The van der Waals surface area contributed by atoms with Gasteiger partial charge in [-0.25, -0.2) is 9.78 Å². The maximum Gasteiger partial charge on any atom is 0.414 e. The van der Waals surface area contributed by atoms with Gasteiger partial charge in [0.1, 0.15) is 17.7 Å². The number of fused-ring (bicyclic) bond motifs is 1. The molecule has 0 spiro atoms. The highest BCUT2D eigenvalue weighted by Gasteiger charge is 2.19. The van der Waals surface area contributed by atoms with Crippen LogP contribution >= 0.6 is 0 Å². The van der Waals surface area contributed by atoms with E-state index < -0.39 is 11.7 Å². The molecule has 9 nitrogen and oxygen atoms in total. The summed E-state index contributed by atoms with van der Waals surface area (Å²) in [6, 6.07) is 9.69. The van der Waals surface area contributed by atoms with Crippen LogP contribution in [0.3, 0.4) is 0 Å². The molecule has 2 heterocycles. The second kappa shape index (κ2) is 10.2. The standard InChI is InChI=1S/C17H19N5O3.C6H10O/c1-17(2,3)25-16(23)22-15-20-13-12(18-10-19-13)14(21-15)24-9-11-7-5-4-6-8-11;1-5-2-3-6(7)4-5/h4-8,10H,9H2,1-3H3,(H2,18,19,20,21,22,23);6-7H,1-4H2. The zero-order chi connectivity index (χ0) is 23.1. The molecule has 4 rings (SSSR count). The fourth-order valence-electron chi connectivity index (χ4n) is 3.00. The molecular formula is C23H29N5O4. The number of carbonyl (C=O) groups is 1. The number of amides is 1. The molecule has 1 aliphatic carbocycles. The first-order chi connectivity index (χ1) is 15.2. The van der Waals surface area contributed by atoms with Gasteiger partial charge in [-0.15, -0.1) is 0 Å². The highest BCUT2D eigenvalue weighted by atomic mass is 16.6. The van der Waals surface area contributed by atoms with Gasteiger partial charge in [0.15, 0.2) is 5.65 Å². The summed E-state index contributed by atoms with van der Waals surface area (Å²) < 4.78 is 11.0. The van der Waals surface area contributed by atoms with E-state index in [1.54, 1.807) is 20.8 Å². The van der Waals surface area contributed by atoms with E-state index in [-0.39, 0.29) is 12.1 Å². The van der Waals surface area contributed by atoms with E-state index in [4.69, 9.17) is 14.6 Å². The molecule has 1 aromatic carbocycles. The summed E-state index contributed by atoms with van der Waals surface area (Å²) in [6.07, 6.45) is 3.57. The van der Waals surface area contributed by atoms with Crippen molar-refractivity contribution in [1.29, 1.82) is 0 Å². The van der Waals surface area contributed by atoms with Crippen molar-refractivity contribution in [3.63, 3.8) is 0 Å². The average Bonchev–Trinajstić information content (AvgIpc) is 3.34. The lowest BCUT2D eigenvalue weighted by atomic mass is 10.2. The lowest BCUT2D eigenvalue weighted by molar-refractivity contribution is 0.0634. The van der Waals surface area contributed by atoms with Crippen molar-refractivity contribution in [1.82, 2.24) is 19.9 Å². The molecule has 1 atom stereocenters. The van der Waals surface area contributed by atoms with Gasteiger partial charge in [0.25, 0.3) is 0 Å². The molecule has 0 radical (unpaired) electrons. The lowest BCUT2D eigenvalue weighted by Crippen LogP contribution is -2.27. The van der Waals surface area contributed by atoms with Crippen LogP contribution in [0.4, 0.5) is 10.7 Å². The summed E-state index contributed by atoms with van der Waals surface area (Å²) in [7, 11) is 0. The molecule has 1 saturated carbocycles. The third-order valence-corrected chi connectivity index (χ3v) is 4.44. The number of H-pyrrole nitrogens is 1. The minimum atomic E-state index is -0.642. The maximum absolute atomic E-state index is 11.9. The van der Waals surface area contributed by atoms with Crippen molar-refractivity contribution < 1.29 is 19.4 Å². The van der Waals surface area contributed by atoms with Gasteiger partial charge in [0.05, 0.1) is 12.4 Å². The highest BCUT2D eigenvalue weighted by molar-refractivity contribution is 5.85. The lowest BCUT2D eigenvalue weighted by Gasteiger charge is -2.19. The summed E-state index contributed by atoms with van der Waals surface area (Å²) in [5.74, 6) is 0.370. The molecule has 3 aromatic rings. The van der Waals surface area contributed by atoms with Crippen molar-refractivity contribution in [3.05, 3.63) is 54.4 Å². The van der Waals surface area contributed by atoms with E-state index in [1.165, 1.54) is 11.9 Å². The molecule has 2 aromatic heterocycles. The first-order valence-corrected chi connectivity index (χ1v) is 10.4. The molecule has 1 fully saturated rings. The molecule has 1 amide bonds. The van der Waals surface area contributed by atoms with Crippen LogP contribution in [0.2, 0.25) is 0 Å². The maximum atomic E-state index is 11.9. The predicted octanol–water partition coefficient (Wildman–Crippen LogP) is 4.37. The number of aliphatic hydroxyl groups is 1. The van der Waals surface area contributed by atoms with Gasteiger partial charge < -0.3 is 19.6 Å². The van der Waals surface area contributed by atoms with Crippen LogP contribution in [-0.4, -0.2) is 42.8 Å². The Morgan fingerprint density at radius 1 is 1.28 bits per heavy atom. The Labute approximate surface area is 186 Å². The number of nitrogens with zero attached hydrogens (tertiary/aromatic N) is 3. The fourth-order valence-corrected chi connectivity index (χ4v) is 3.00. The first kappa shape index (κ1) is 23.2. The van der Waals surface area contributed by atoms with Crippen LogP contribution in [-0.2, 0) is 11.3 Å². The van der Waals surface area contributed by atoms with E-state index >= 15 is 0 Å². The van der Waals surface area contributed by atoms with Crippen LogP contribution < -0.4 is 10.1 Å². The Balaban J connectivity index is 0.000000352. The number of carbonyl (C=O) groups excluding carboxylic acids is 1.